The van der Waals surface area contributed by atoms with Crippen LogP contribution in [0.3, 0.4) is 0 Å². The van der Waals surface area contributed by atoms with Gasteiger partial charge in [-0.1, -0.05) is 19.4 Å². The second kappa shape index (κ2) is 6.96. The molecule has 0 aliphatic heterocycles. The molecule has 0 bridgehead atoms. The molecule has 1 unspecified atom stereocenters. The summed E-state index contributed by atoms with van der Waals surface area (Å²) in [5.74, 6) is -0.762. The number of amides is 1. The van der Waals surface area contributed by atoms with E-state index < -0.39 is 5.82 Å². The number of hydrogen-bond acceptors (Lipinski definition) is 3. The Hall–Kier alpha value is -1.62. The summed E-state index contributed by atoms with van der Waals surface area (Å²) >= 11 is 0. The van der Waals surface area contributed by atoms with Crippen molar-refractivity contribution in [2.75, 3.05) is 18.9 Å². The number of hydrogen-bond donors (Lipinski definition) is 3. The Morgan fingerprint density at radius 3 is 2.89 bits per heavy atom. The highest BCUT2D eigenvalue weighted by Crippen LogP contribution is 2.15. The maximum atomic E-state index is 13.2. The molecule has 5 heteroatoms. The van der Waals surface area contributed by atoms with E-state index in [4.69, 9.17) is 10.8 Å². The first-order valence-electron chi connectivity index (χ1n) is 6.03. The SMILES string of the molecule is CCC(CCO)CNC(=O)c1cccc(F)c1N. The maximum Gasteiger partial charge on any atom is 0.253 e. The Bertz CT molecular complexity index is 410. The number of para-hydroxylation sites is 1. The predicted molar refractivity (Wildman–Crippen MR) is 68.6 cm³/mol. The van der Waals surface area contributed by atoms with Crippen molar-refractivity contribution in [2.24, 2.45) is 5.92 Å². The quantitative estimate of drug-likeness (QED) is 0.674. The monoisotopic (exact) mass is 254 g/mol. The van der Waals surface area contributed by atoms with Gasteiger partial charge in [0.25, 0.3) is 5.91 Å². The number of aliphatic hydroxyl groups is 1. The molecular weight excluding hydrogens is 235 g/mol. The van der Waals surface area contributed by atoms with Crippen molar-refractivity contribution in [1.82, 2.24) is 5.32 Å². The third-order valence-electron chi connectivity index (χ3n) is 2.96. The Morgan fingerprint density at radius 2 is 2.28 bits per heavy atom. The summed E-state index contributed by atoms with van der Waals surface area (Å²) in [4.78, 5) is 11.8. The Kier molecular flexibility index (Phi) is 5.58. The van der Waals surface area contributed by atoms with Gasteiger partial charge >= 0.3 is 0 Å². The average Bonchev–Trinajstić information content (AvgIpc) is 2.37. The number of nitrogens with two attached hydrogens (primary N) is 1. The number of nitrogen functional groups attached to an aromatic ring is 1. The van der Waals surface area contributed by atoms with E-state index in [-0.39, 0.29) is 29.7 Å². The molecule has 18 heavy (non-hydrogen) atoms. The lowest BCUT2D eigenvalue weighted by Gasteiger charge is -2.15. The van der Waals surface area contributed by atoms with Gasteiger partial charge in [0.2, 0.25) is 0 Å². The molecule has 0 radical (unpaired) electrons. The largest absolute Gasteiger partial charge is 0.396 e. The topological polar surface area (TPSA) is 75.3 Å². The van der Waals surface area contributed by atoms with Crippen LogP contribution in [0.15, 0.2) is 18.2 Å². The molecule has 0 aromatic heterocycles. The minimum absolute atomic E-state index is 0.0937. The lowest BCUT2D eigenvalue weighted by Crippen LogP contribution is -2.30. The zero-order valence-electron chi connectivity index (χ0n) is 10.4. The maximum absolute atomic E-state index is 13.2. The molecule has 1 atom stereocenters. The van der Waals surface area contributed by atoms with Crippen molar-refractivity contribution in [3.63, 3.8) is 0 Å². The normalized spacial score (nSPS) is 12.2. The van der Waals surface area contributed by atoms with Gasteiger partial charge in [-0.05, 0) is 24.5 Å². The van der Waals surface area contributed by atoms with Gasteiger partial charge in [-0.3, -0.25) is 4.79 Å². The van der Waals surface area contributed by atoms with Crippen LogP contribution < -0.4 is 11.1 Å². The van der Waals surface area contributed by atoms with Crippen LogP contribution in [0.5, 0.6) is 0 Å². The van der Waals surface area contributed by atoms with Gasteiger partial charge < -0.3 is 16.2 Å². The standard InChI is InChI=1S/C13H19FN2O2/c1-2-9(6-7-17)8-16-13(18)10-4-3-5-11(14)12(10)15/h3-5,9,17H,2,6-8,15H2,1H3,(H,16,18). The van der Waals surface area contributed by atoms with Gasteiger partial charge in [-0.15, -0.1) is 0 Å². The smallest absolute Gasteiger partial charge is 0.253 e. The third-order valence-corrected chi connectivity index (χ3v) is 2.96. The van der Waals surface area contributed by atoms with E-state index >= 15 is 0 Å². The van der Waals surface area contributed by atoms with E-state index in [1.165, 1.54) is 18.2 Å². The van der Waals surface area contributed by atoms with E-state index in [0.29, 0.717) is 13.0 Å². The molecule has 0 fully saturated rings. The zero-order valence-corrected chi connectivity index (χ0v) is 10.4. The Balaban J connectivity index is 2.62. The molecule has 0 spiro atoms. The molecule has 1 aromatic carbocycles. The second-order valence-electron chi connectivity index (χ2n) is 4.20. The number of benzene rings is 1. The highest BCUT2D eigenvalue weighted by molar-refractivity contribution is 5.99. The summed E-state index contributed by atoms with van der Waals surface area (Å²) in [7, 11) is 0. The molecule has 0 heterocycles. The van der Waals surface area contributed by atoms with E-state index in [0.717, 1.165) is 6.42 Å². The fourth-order valence-electron chi connectivity index (χ4n) is 1.70. The number of halogens is 1. The summed E-state index contributed by atoms with van der Waals surface area (Å²) in [5.41, 5.74) is 5.52. The van der Waals surface area contributed by atoms with Crippen molar-refractivity contribution in [3.8, 4) is 0 Å². The summed E-state index contributed by atoms with van der Waals surface area (Å²) in [6.07, 6.45) is 1.49. The number of carbonyl (C=O) groups is 1. The number of anilines is 1. The van der Waals surface area contributed by atoms with Crippen LogP contribution in [-0.4, -0.2) is 24.2 Å². The first kappa shape index (κ1) is 14.4. The number of nitrogens with one attached hydrogen (secondary N) is 1. The first-order chi connectivity index (χ1) is 8.60. The molecule has 4 nitrogen and oxygen atoms in total. The van der Waals surface area contributed by atoms with Gasteiger partial charge in [0.1, 0.15) is 5.82 Å². The van der Waals surface area contributed by atoms with Crippen LogP contribution >= 0.6 is 0 Å². The predicted octanol–water partition coefficient (Wildman–Crippen LogP) is 1.55. The minimum atomic E-state index is -0.593. The fraction of sp³-hybridized carbons (Fsp3) is 0.462. The Morgan fingerprint density at radius 1 is 1.56 bits per heavy atom. The van der Waals surface area contributed by atoms with Crippen LogP contribution in [0, 0.1) is 11.7 Å². The summed E-state index contributed by atoms with van der Waals surface area (Å²) in [6.45, 7) is 2.53. The van der Waals surface area contributed by atoms with E-state index in [9.17, 15) is 9.18 Å². The fourth-order valence-corrected chi connectivity index (χ4v) is 1.70. The van der Waals surface area contributed by atoms with Crippen molar-refractivity contribution in [1.29, 1.82) is 0 Å². The van der Waals surface area contributed by atoms with E-state index in [1.807, 2.05) is 6.92 Å². The van der Waals surface area contributed by atoms with Gasteiger partial charge in [0.05, 0.1) is 11.3 Å². The molecule has 0 aliphatic carbocycles. The second-order valence-corrected chi connectivity index (χ2v) is 4.20. The molecule has 0 aliphatic rings. The van der Waals surface area contributed by atoms with Crippen molar-refractivity contribution in [3.05, 3.63) is 29.6 Å². The van der Waals surface area contributed by atoms with Crippen LogP contribution in [0.25, 0.3) is 0 Å². The lowest BCUT2D eigenvalue weighted by atomic mass is 10.0. The number of carbonyl (C=O) groups excluding carboxylic acids is 1. The van der Waals surface area contributed by atoms with E-state index in [1.54, 1.807) is 0 Å². The van der Waals surface area contributed by atoms with Gasteiger partial charge in [-0.2, -0.15) is 0 Å². The molecule has 100 valence electrons. The molecular formula is C13H19FN2O2. The zero-order chi connectivity index (χ0) is 13.5. The molecule has 0 saturated heterocycles. The highest BCUT2D eigenvalue weighted by Gasteiger charge is 2.14. The average molecular weight is 254 g/mol. The summed E-state index contributed by atoms with van der Waals surface area (Å²) < 4.78 is 13.2. The van der Waals surface area contributed by atoms with Crippen LogP contribution in [0.4, 0.5) is 10.1 Å². The van der Waals surface area contributed by atoms with Crippen LogP contribution in [0.1, 0.15) is 30.1 Å². The van der Waals surface area contributed by atoms with Crippen molar-refractivity contribution in [2.45, 2.75) is 19.8 Å². The molecule has 1 amide bonds. The molecule has 1 aromatic rings. The van der Waals surface area contributed by atoms with Gasteiger partial charge in [0.15, 0.2) is 0 Å². The van der Waals surface area contributed by atoms with Gasteiger partial charge in [0, 0.05) is 13.2 Å². The number of aliphatic hydroxyl groups excluding tert-OH is 1. The molecule has 0 saturated carbocycles. The summed E-state index contributed by atoms with van der Waals surface area (Å²) in [5, 5.41) is 11.6. The van der Waals surface area contributed by atoms with Crippen molar-refractivity contribution >= 4 is 11.6 Å². The number of rotatable bonds is 6. The van der Waals surface area contributed by atoms with Gasteiger partial charge in [-0.25, -0.2) is 4.39 Å². The van der Waals surface area contributed by atoms with Crippen LogP contribution in [0.2, 0.25) is 0 Å². The lowest BCUT2D eigenvalue weighted by molar-refractivity contribution is 0.0944. The highest BCUT2D eigenvalue weighted by atomic mass is 19.1. The minimum Gasteiger partial charge on any atom is -0.396 e. The van der Waals surface area contributed by atoms with Crippen LogP contribution in [-0.2, 0) is 0 Å². The first-order valence-corrected chi connectivity index (χ1v) is 6.03. The van der Waals surface area contributed by atoms with Crippen molar-refractivity contribution < 1.29 is 14.3 Å². The summed E-state index contributed by atoms with van der Waals surface area (Å²) in [6, 6.07) is 4.15. The van der Waals surface area contributed by atoms with E-state index in [2.05, 4.69) is 5.32 Å². The third kappa shape index (κ3) is 3.70. The Labute approximate surface area is 106 Å². The molecule has 4 N–H and O–H groups in total. The molecule has 1 rings (SSSR count).